The van der Waals surface area contributed by atoms with E-state index in [1.807, 2.05) is 31.4 Å². The van der Waals surface area contributed by atoms with Crippen LogP contribution in [-0.2, 0) is 16.1 Å². The molecule has 2 N–H and O–H groups in total. The molecule has 0 spiro atoms. The van der Waals surface area contributed by atoms with Crippen LogP contribution in [0.2, 0.25) is 0 Å². The van der Waals surface area contributed by atoms with Crippen molar-refractivity contribution >= 4 is 23.3 Å². The van der Waals surface area contributed by atoms with E-state index in [4.69, 9.17) is 9.15 Å². The summed E-state index contributed by atoms with van der Waals surface area (Å²) >= 11 is 0. The number of amides is 2. The van der Waals surface area contributed by atoms with Gasteiger partial charge in [-0.05, 0) is 50.2 Å². The maximum absolute atomic E-state index is 12.9. The third-order valence-electron chi connectivity index (χ3n) is 5.63. The summed E-state index contributed by atoms with van der Waals surface area (Å²) in [6.07, 6.45) is 1.58. The van der Waals surface area contributed by atoms with Gasteiger partial charge in [0.1, 0.15) is 23.4 Å². The molecule has 9 heteroatoms. The van der Waals surface area contributed by atoms with Crippen molar-refractivity contribution in [1.29, 1.82) is 5.26 Å². The Morgan fingerprint density at radius 2 is 1.88 bits per heavy atom. The van der Waals surface area contributed by atoms with Crippen LogP contribution in [0.3, 0.4) is 0 Å². The van der Waals surface area contributed by atoms with Gasteiger partial charge in [0.05, 0.1) is 38.6 Å². The number of nitrogens with zero attached hydrogens (tertiary/aromatic N) is 3. The highest BCUT2D eigenvalue weighted by Gasteiger charge is 2.21. The van der Waals surface area contributed by atoms with E-state index in [0.717, 1.165) is 11.3 Å². The number of nitriles is 1. The van der Waals surface area contributed by atoms with Gasteiger partial charge in [-0.2, -0.15) is 5.26 Å². The molecule has 0 aliphatic rings. The molecule has 0 bridgehead atoms. The predicted octanol–water partition coefficient (Wildman–Crippen LogP) is 3.53. The number of furan rings is 1. The molecule has 0 saturated carbocycles. The van der Waals surface area contributed by atoms with E-state index in [9.17, 15) is 14.9 Å². The second kappa shape index (κ2) is 11.2. The normalized spacial score (nSPS) is 10.7. The number of nitrogens with one attached hydrogen (secondary N) is 2. The molecule has 2 amide bonds. The Hall–Kier alpha value is -4.03. The Balaban J connectivity index is 1.68. The van der Waals surface area contributed by atoms with Crippen LogP contribution in [0.5, 0.6) is 5.75 Å². The van der Waals surface area contributed by atoms with Gasteiger partial charge in [-0.25, -0.2) is 0 Å². The Morgan fingerprint density at radius 1 is 1.15 bits per heavy atom. The number of methoxy groups -OCH3 is 1. The highest BCUT2D eigenvalue weighted by atomic mass is 16.5. The molecule has 0 aliphatic carbocycles. The van der Waals surface area contributed by atoms with Crippen LogP contribution in [0.25, 0.3) is 0 Å². The lowest BCUT2D eigenvalue weighted by atomic mass is 10.2. The largest absolute Gasteiger partial charge is 0.497 e. The van der Waals surface area contributed by atoms with Crippen molar-refractivity contribution in [2.75, 3.05) is 37.4 Å². The van der Waals surface area contributed by atoms with Gasteiger partial charge in [-0.3, -0.25) is 14.5 Å². The zero-order valence-electron chi connectivity index (χ0n) is 19.8. The van der Waals surface area contributed by atoms with Gasteiger partial charge < -0.3 is 24.4 Å². The van der Waals surface area contributed by atoms with Crippen LogP contribution >= 0.6 is 0 Å². The first-order valence-corrected chi connectivity index (χ1v) is 10.9. The lowest BCUT2D eigenvalue weighted by Crippen LogP contribution is -2.39. The minimum atomic E-state index is -0.314. The van der Waals surface area contributed by atoms with Crippen molar-refractivity contribution in [3.05, 3.63) is 65.2 Å². The number of hydrogen-bond donors (Lipinski definition) is 2. The first kappa shape index (κ1) is 24.6. The molecule has 0 atom stereocenters. The maximum Gasteiger partial charge on any atom is 0.239 e. The molecule has 1 aromatic carbocycles. The number of benzene rings is 1. The second-order valence-corrected chi connectivity index (χ2v) is 7.84. The molecule has 0 radical (unpaired) electrons. The van der Waals surface area contributed by atoms with Crippen molar-refractivity contribution in [2.45, 2.75) is 27.3 Å². The smallest absolute Gasteiger partial charge is 0.239 e. The standard InChI is InChI=1S/C25H29N5O4/c1-5-29(15-23(31)27-19-8-6-9-20(12-19)33-4)16-24(32)28-25-22(13-26)17(2)18(3)30(25)14-21-10-7-11-34-21/h6-12H,5,14-16H2,1-4H3,(H,27,31)(H,28,32). The zero-order valence-corrected chi connectivity index (χ0v) is 19.8. The van der Waals surface area contributed by atoms with Crippen molar-refractivity contribution in [3.63, 3.8) is 0 Å². The van der Waals surface area contributed by atoms with Gasteiger partial charge >= 0.3 is 0 Å². The molecule has 0 fully saturated rings. The van der Waals surface area contributed by atoms with Crippen LogP contribution in [0.1, 0.15) is 29.5 Å². The van der Waals surface area contributed by atoms with Gasteiger partial charge in [0, 0.05) is 17.4 Å². The zero-order chi connectivity index (χ0) is 24.7. The Bertz CT molecular complexity index is 1190. The third kappa shape index (κ3) is 5.85. The van der Waals surface area contributed by atoms with E-state index in [-0.39, 0.29) is 24.9 Å². The van der Waals surface area contributed by atoms with E-state index in [1.165, 1.54) is 0 Å². The quantitative estimate of drug-likeness (QED) is 0.476. The fourth-order valence-corrected chi connectivity index (χ4v) is 3.65. The van der Waals surface area contributed by atoms with Gasteiger partial charge in [-0.15, -0.1) is 0 Å². The molecule has 9 nitrogen and oxygen atoms in total. The highest BCUT2D eigenvalue weighted by molar-refractivity contribution is 5.95. The molecule has 178 valence electrons. The summed E-state index contributed by atoms with van der Waals surface area (Å²) in [7, 11) is 1.56. The molecule has 34 heavy (non-hydrogen) atoms. The van der Waals surface area contributed by atoms with Crippen LogP contribution in [0, 0.1) is 25.2 Å². The summed E-state index contributed by atoms with van der Waals surface area (Å²) in [5.74, 6) is 1.22. The van der Waals surface area contributed by atoms with Crippen molar-refractivity contribution < 1.29 is 18.7 Å². The average molecular weight is 464 g/mol. The molecular weight excluding hydrogens is 434 g/mol. The summed E-state index contributed by atoms with van der Waals surface area (Å²) in [6.45, 7) is 6.54. The van der Waals surface area contributed by atoms with Crippen LogP contribution < -0.4 is 15.4 Å². The fourth-order valence-electron chi connectivity index (χ4n) is 3.65. The number of hydrogen-bond acceptors (Lipinski definition) is 6. The number of ether oxygens (including phenoxy) is 1. The van der Waals surface area contributed by atoms with E-state index in [2.05, 4.69) is 16.7 Å². The van der Waals surface area contributed by atoms with Crippen LogP contribution in [-0.4, -0.2) is 48.0 Å². The highest BCUT2D eigenvalue weighted by Crippen LogP contribution is 2.27. The van der Waals surface area contributed by atoms with Crippen LogP contribution in [0.15, 0.2) is 47.1 Å². The summed E-state index contributed by atoms with van der Waals surface area (Å²) in [5, 5.41) is 15.4. The number of carbonyl (C=O) groups is 2. The topological polar surface area (TPSA) is 113 Å². The van der Waals surface area contributed by atoms with Crippen molar-refractivity contribution in [2.24, 2.45) is 0 Å². The fraction of sp³-hybridized carbons (Fsp3) is 0.320. The van der Waals surface area contributed by atoms with E-state index < -0.39 is 0 Å². The molecule has 0 saturated heterocycles. The predicted molar refractivity (Wildman–Crippen MR) is 129 cm³/mol. The molecule has 2 heterocycles. The summed E-state index contributed by atoms with van der Waals surface area (Å²) in [6, 6.07) is 12.9. The number of anilines is 2. The Kier molecular flexibility index (Phi) is 8.11. The van der Waals surface area contributed by atoms with Crippen LogP contribution in [0.4, 0.5) is 11.5 Å². The van der Waals surface area contributed by atoms with Crippen molar-refractivity contribution in [3.8, 4) is 11.8 Å². The first-order valence-electron chi connectivity index (χ1n) is 10.9. The minimum absolute atomic E-state index is 0.00305. The van der Waals surface area contributed by atoms with Gasteiger partial charge in [0.25, 0.3) is 0 Å². The van der Waals surface area contributed by atoms with Crippen molar-refractivity contribution in [1.82, 2.24) is 9.47 Å². The van der Waals surface area contributed by atoms with E-state index in [1.54, 1.807) is 48.6 Å². The average Bonchev–Trinajstić information content (AvgIpc) is 3.41. The summed E-state index contributed by atoms with van der Waals surface area (Å²) < 4.78 is 12.5. The molecule has 2 aromatic heterocycles. The lowest BCUT2D eigenvalue weighted by Gasteiger charge is -2.20. The van der Waals surface area contributed by atoms with Gasteiger partial charge in [0.15, 0.2) is 0 Å². The molecule has 0 unspecified atom stereocenters. The number of carbonyl (C=O) groups excluding carboxylic acids is 2. The Morgan fingerprint density at radius 3 is 2.50 bits per heavy atom. The number of rotatable bonds is 10. The first-order chi connectivity index (χ1) is 16.4. The summed E-state index contributed by atoms with van der Waals surface area (Å²) in [4.78, 5) is 27.1. The van der Waals surface area contributed by atoms with Gasteiger partial charge in [-0.1, -0.05) is 13.0 Å². The molecule has 3 aromatic rings. The minimum Gasteiger partial charge on any atom is -0.497 e. The number of aromatic nitrogens is 1. The summed E-state index contributed by atoms with van der Waals surface area (Å²) in [5.41, 5.74) is 2.70. The third-order valence-corrected chi connectivity index (χ3v) is 5.63. The van der Waals surface area contributed by atoms with E-state index >= 15 is 0 Å². The maximum atomic E-state index is 12.9. The van der Waals surface area contributed by atoms with Gasteiger partial charge in [0.2, 0.25) is 11.8 Å². The SMILES string of the molecule is CCN(CC(=O)Nc1cccc(OC)c1)CC(=O)Nc1c(C#N)c(C)c(C)n1Cc1ccco1. The molecule has 0 aliphatic heterocycles. The monoisotopic (exact) mass is 463 g/mol. The lowest BCUT2D eigenvalue weighted by molar-refractivity contribution is -0.119. The second-order valence-electron chi connectivity index (χ2n) is 7.84. The molecule has 3 rings (SSSR count). The number of likely N-dealkylation sites (N-methyl/N-ethyl adjacent to an activating group) is 1. The molecular formula is C25H29N5O4. The Labute approximate surface area is 198 Å². The van der Waals surface area contributed by atoms with E-state index in [0.29, 0.717) is 41.7 Å².